The molecule has 1 aromatic heterocycles. The van der Waals surface area contributed by atoms with E-state index in [9.17, 15) is 4.79 Å². The van der Waals surface area contributed by atoms with Crippen molar-refractivity contribution in [2.75, 3.05) is 23.9 Å². The zero-order valence-corrected chi connectivity index (χ0v) is 16.0. The van der Waals surface area contributed by atoms with Crippen LogP contribution in [0.1, 0.15) is 58.3 Å². The van der Waals surface area contributed by atoms with Crippen molar-refractivity contribution in [3.05, 3.63) is 29.9 Å². The molecule has 7 nitrogen and oxygen atoms in total. The Morgan fingerprint density at radius 3 is 2.69 bits per heavy atom. The fraction of sp³-hybridized carbons (Fsp3) is 0.526. The average Bonchev–Trinajstić information content (AvgIpc) is 3.23. The number of methoxy groups -OCH3 is 1. The number of carbonyl (C=O) groups excluding carboxylic acids is 1. The van der Waals surface area contributed by atoms with Gasteiger partial charge in [-0.25, -0.2) is 0 Å². The summed E-state index contributed by atoms with van der Waals surface area (Å²) in [7, 11) is 1.61. The van der Waals surface area contributed by atoms with E-state index >= 15 is 0 Å². The number of nitrogens with zero attached hydrogens (tertiary/aromatic N) is 3. The Kier molecular flexibility index (Phi) is 4.89. The van der Waals surface area contributed by atoms with Gasteiger partial charge in [0.1, 0.15) is 11.8 Å². The summed E-state index contributed by atoms with van der Waals surface area (Å²) in [5.41, 5.74) is 1.51. The highest BCUT2D eigenvalue weighted by Gasteiger charge is 2.25. The molecule has 1 aliphatic heterocycles. The van der Waals surface area contributed by atoms with Gasteiger partial charge in [0, 0.05) is 30.1 Å². The first-order valence-corrected chi connectivity index (χ1v) is 8.88. The molecule has 1 fully saturated rings. The van der Waals surface area contributed by atoms with Gasteiger partial charge in [0.25, 0.3) is 0 Å². The smallest absolute Gasteiger partial charge is 0.248 e. The quantitative estimate of drug-likeness (QED) is 0.878. The number of amides is 1. The lowest BCUT2D eigenvalue weighted by Gasteiger charge is -2.20. The molecule has 0 radical (unpaired) electrons. The second-order valence-electron chi connectivity index (χ2n) is 7.61. The van der Waals surface area contributed by atoms with E-state index in [1.807, 2.05) is 45.9 Å². The highest BCUT2D eigenvalue weighted by atomic mass is 16.5. The molecule has 2 aromatic rings. The van der Waals surface area contributed by atoms with Gasteiger partial charge in [-0.15, -0.1) is 0 Å². The lowest BCUT2D eigenvalue weighted by atomic mass is 9.96. The van der Waals surface area contributed by atoms with Crippen molar-refractivity contribution in [3.8, 4) is 5.75 Å². The van der Waals surface area contributed by atoms with Crippen molar-refractivity contribution in [1.82, 2.24) is 10.1 Å². The summed E-state index contributed by atoms with van der Waals surface area (Å²) in [5.74, 6) is 2.02. The number of carbonyl (C=O) groups is 1. The van der Waals surface area contributed by atoms with Crippen LogP contribution >= 0.6 is 0 Å². The highest BCUT2D eigenvalue weighted by molar-refractivity contribution is 5.97. The Balaban J connectivity index is 1.77. The molecule has 3 rings (SSSR count). The van der Waals surface area contributed by atoms with Crippen LogP contribution in [-0.2, 0) is 10.2 Å². The first-order chi connectivity index (χ1) is 12.3. The van der Waals surface area contributed by atoms with Gasteiger partial charge in [0.15, 0.2) is 5.82 Å². The summed E-state index contributed by atoms with van der Waals surface area (Å²) >= 11 is 0. The van der Waals surface area contributed by atoms with Crippen molar-refractivity contribution >= 4 is 17.3 Å². The largest absolute Gasteiger partial charge is 0.494 e. The molecular weight excluding hydrogens is 332 g/mol. The van der Waals surface area contributed by atoms with Crippen LogP contribution in [0.25, 0.3) is 0 Å². The molecule has 26 heavy (non-hydrogen) atoms. The summed E-state index contributed by atoms with van der Waals surface area (Å²) in [6.07, 6.45) is 1.47. The van der Waals surface area contributed by atoms with E-state index in [2.05, 4.69) is 15.5 Å². The van der Waals surface area contributed by atoms with Crippen LogP contribution in [0, 0.1) is 0 Å². The summed E-state index contributed by atoms with van der Waals surface area (Å²) in [6, 6.07) is 5.58. The molecule has 0 spiro atoms. The molecule has 7 heteroatoms. The fourth-order valence-electron chi connectivity index (χ4n) is 2.92. The Hall–Kier alpha value is -2.57. The Labute approximate surface area is 153 Å². The van der Waals surface area contributed by atoms with Gasteiger partial charge in [-0.2, -0.15) is 4.98 Å². The molecular formula is C19H26N4O3. The molecule has 1 amide bonds. The van der Waals surface area contributed by atoms with Gasteiger partial charge in [-0.05, 0) is 25.5 Å². The van der Waals surface area contributed by atoms with Gasteiger partial charge in [-0.3, -0.25) is 4.79 Å². The molecule has 1 aliphatic rings. The number of hydrogen-bond acceptors (Lipinski definition) is 6. The van der Waals surface area contributed by atoms with Crippen LogP contribution in [-0.4, -0.2) is 29.7 Å². The Morgan fingerprint density at radius 2 is 2.12 bits per heavy atom. The van der Waals surface area contributed by atoms with E-state index in [1.54, 1.807) is 12.0 Å². The van der Waals surface area contributed by atoms with E-state index in [-0.39, 0.29) is 17.4 Å². The summed E-state index contributed by atoms with van der Waals surface area (Å²) in [6.45, 7) is 8.83. The van der Waals surface area contributed by atoms with Gasteiger partial charge >= 0.3 is 0 Å². The fourth-order valence-corrected chi connectivity index (χ4v) is 2.92. The third-order valence-electron chi connectivity index (χ3n) is 4.41. The molecule has 0 aliphatic carbocycles. The van der Waals surface area contributed by atoms with Crippen LogP contribution in [0.2, 0.25) is 0 Å². The molecule has 2 heterocycles. The molecule has 1 atom stereocenters. The topological polar surface area (TPSA) is 80.5 Å². The van der Waals surface area contributed by atoms with E-state index < -0.39 is 0 Å². The number of aromatic nitrogens is 2. The molecule has 1 saturated heterocycles. The summed E-state index contributed by atoms with van der Waals surface area (Å²) in [4.78, 5) is 18.3. The lowest BCUT2D eigenvalue weighted by molar-refractivity contribution is -0.117. The first-order valence-electron chi connectivity index (χ1n) is 8.88. The second-order valence-corrected chi connectivity index (χ2v) is 7.61. The van der Waals surface area contributed by atoms with Gasteiger partial charge < -0.3 is 19.5 Å². The van der Waals surface area contributed by atoms with Gasteiger partial charge in [-0.1, -0.05) is 25.9 Å². The maximum atomic E-state index is 12.0. The van der Waals surface area contributed by atoms with E-state index in [0.717, 1.165) is 24.3 Å². The van der Waals surface area contributed by atoms with Crippen LogP contribution in [0.5, 0.6) is 5.75 Å². The van der Waals surface area contributed by atoms with E-state index in [1.165, 1.54) is 0 Å². The third kappa shape index (κ3) is 3.66. The molecule has 1 aromatic carbocycles. The van der Waals surface area contributed by atoms with Crippen LogP contribution in [0.3, 0.4) is 0 Å². The van der Waals surface area contributed by atoms with Crippen molar-refractivity contribution in [2.24, 2.45) is 0 Å². The van der Waals surface area contributed by atoms with Crippen LogP contribution < -0.4 is 15.0 Å². The SMILES string of the molecule is COc1cc(NC(C)c2nc(C(C)(C)C)no2)ccc1N1CCCC1=O. The number of hydrogen-bond donors (Lipinski definition) is 1. The first kappa shape index (κ1) is 18.2. The second kappa shape index (κ2) is 6.97. The highest BCUT2D eigenvalue weighted by Crippen LogP contribution is 2.34. The lowest BCUT2D eigenvalue weighted by Crippen LogP contribution is -2.24. The molecule has 0 bridgehead atoms. The Bertz CT molecular complexity index is 794. The van der Waals surface area contributed by atoms with Gasteiger partial charge in [0.05, 0.1) is 12.8 Å². The molecule has 140 valence electrons. The molecule has 1 N–H and O–H groups in total. The molecule has 1 unspecified atom stereocenters. The number of rotatable bonds is 5. The maximum Gasteiger partial charge on any atom is 0.248 e. The van der Waals surface area contributed by atoms with Crippen molar-refractivity contribution in [1.29, 1.82) is 0 Å². The van der Waals surface area contributed by atoms with Crippen LogP contribution in [0.4, 0.5) is 11.4 Å². The minimum absolute atomic E-state index is 0.137. The zero-order chi connectivity index (χ0) is 18.9. The standard InChI is InChI=1S/C19H26N4O3/c1-12(17-21-18(22-26-17)19(2,3)4)20-13-8-9-14(15(11-13)25-5)23-10-6-7-16(23)24/h8-9,11-12,20H,6-7,10H2,1-5H3. The molecule has 0 saturated carbocycles. The normalized spacial score (nSPS) is 16.0. The average molecular weight is 358 g/mol. The predicted octanol–water partition coefficient (Wildman–Crippen LogP) is 3.68. The predicted molar refractivity (Wildman–Crippen MR) is 99.6 cm³/mol. The van der Waals surface area contributed by atoms with E-state index in [0.29, 0.717) is 23.9 Å². The van der Waals surface area contributed by atoms with Crippen molar-refractivity contribution in [2.45, 2.75) is 52.0 Å². The van der Waals surface area contributed by atoms with Crippen molar-refractivity contribution < 1.29 is 14.1 Å². The van der Waals surface area contributed by atoms with Gasteiger partial charge in [0.2, 0.25) is 11.8 Å². The minimum Gasteiger partial charge on any atom is -0.494 e. The number of anilines is 2. The maximum absolute atomic E-state index is 12.0. The van der Waals surface area contributed by atoms with E-state index in [4.69, 9.17) is 9.26 Å². The number of benzene rings is 1. The summed E-state index contributed by atoms with van der Waals surface area (Å²) in [5, 5.41) is 7.41. The number of ether oxygens (including phenoxy) is 1. The summed E-state index contributed by atoms with van der Waals surface area (Å²) < 4.78 is 10.9. The van der Waals surface area contributed by atoms with Crippen molar-refractivity contribution in [3.63, 3.8) is 0 Å². The van der Waals surface area contributed by atoms with Crippen LogP contribution in [0.15, 0.2) is 22.7 Å². The minimum atomic E-state index is -0.158. The Morgan fingerprint density at radius 1 is 1.35 bits per heavy atom. The zero-order valence-electron chi connectivity index (χ0n) is 16.0. The third-order valence-corrected chi connectivity index (χ3v) is 4.41. The monoisotopic (exact) mass is 358 g/mol. The number of nitrogens with one attached hydrogen (secondary N) is 1.